The molecule has 2 nitrogen and oxygen atoms in total. The van der Waals surface area contributed by atoms with Crippen molar-refractivity contribution < 1.29 is 0 Å². The third-order valence-electron chi connectivity index (χ3n) is 3.50. The van der Waals surface area contributed by atoms with Crippen molar-refractivity contribution in [2.75, 3.05) is 0 Å². The molecule has 0 spiro atoms. The number of hydrogen-bond acceptors (Lipinski definition) is 1. The number of benzene rings is 1. The van der Waals surface area contributed by atoms with Gasteiger partial charge in [0.15, 0.2) is 0 Å². The minimum atomic E-state index is 0. The zero-order valence-electron chi connectivity index (χ0n) is 11.3. The van der Waals surface area contributed by atoms with Gasteiger partial charge in [-0.05, 0) is 50.1 Å². The van der Waals surface area contributed by atoms with Gasteiger partial charge in [0.05, 0.1) is 5.69 Å². The quantitative estimate of drug-likeness (QED) is 0.580. The molecule has 19 heavy (non-hydrogen) atoms. The van der Waals surface area contributed by atoms with E-state index in [-0.39, 0.29) is 24.0 Å². The van der Waals surface area contributed by atoms with Crippen LogP contribution < -0.4 is 0 Å². The molecule has 3 heteroatoms. The first kappa shape index (κ1) is 14.1. The molecular formula is C16H17IN2. The summed E-state index contributed by atoms with van der Waals surface area (Å²) < 4.78 is 2.13. The Morgan fingerprint density at radius 2 is 1.74 bits per heavy atom. The fourth-order valence-corrected chi connectivity index (χ4v) is 2.19. The molecule has 98 valence electrons. The molecule has 0 unspecified atom stereocenters. The second-order valence-electron chi connectivity index (χ2n) is 4.82. The van der Waals surface area contributed by atoms with Crippen molar-refractivity contribution >= 4 is 29.6 Å². The number of pyridine rings is 1. The summed E-state index contributed by atoms with van der Waals surface area (Å²) in [6.45, 7) is 6.37. The van der Waals surface area contributed by atoms with Crippen LogP contribution in [0.5, 0.6) is 0 Å². The first-order valence-electron chi connectivity index (χ1n) is 6.17. The fourth-order valence-electron chi connectivity index (χ4n) is 2.19. The lowest BCUT2D eigenvalue weighted by atomic mass is 10.1. The van der Waals surface area contributed by atoms with Gasteiger partial charge in [-0.3, -0.25) is 0 Å². The van der Waals surface area contributed by atoms with Crippen LogP contribution in [0.15, 0.2) is 42.6 Å². The van der Waals surface area contributed by atoms with Gasteiger partial charge in [0, 0.05) is 17.5 Å². The summed E-state index contributed by atoms with van der Waals surface area (Å²) in [7, 11) is 0. The van der Waals surface area contributed by atoms with Crippen LogP contribution in [0.2, 0.25) is 0 Å². The summed E-state index contributed by atoms with van der Waals surface area (Å²) in [4.78, 5) is 4.68. The largest absolute Gasteiger partial charge is 0.304 e. The molecule has 0 saturated heterocycles. The van der Waals surface area contributed by atoms with E-state index in [9.17, 15) is 0 Å². The van der Waals surface area contributed by atoms with E-state index in [1.807, 2.05) is 12.1 Å². The zero-order chi connectivity index (χ0) is 12.7. The molecule has 3 rings (SSSR count). The molecule has 2 heterocycles. The Morgan fingerprint density at radius 1 is 0.947 bits per heavy atom. The monoisotopic (exact) mass is 364 g/mol. The maximum atomic E-state index is 4.68. The Hall–Kier alpha value is -1.36. The van der Waals surface area contributed by atoms with E-state index >= 15 is 0 Å². The molecule has 0 atom stereocenters. The average molecular weight is 364 g/mol. The van der Waals surface area contributed by atoms with Crippen molar-refractivity contribution in [3.05, 3.63) is 59.4 Å². The fraction of sp³-hybridized carbons (Fsp3) is 0.188. The van der Waals surface area contributed by atoms with Crippen molar-refractivity contribution in [3.63, 3.8) is 0 Å². The smallest absolute Gasteiger partial charge is 0.137 e. The lowest BCUT2D eigenvalue weighted by Gasteiger charge is -2.01. The van der Waals surface area contributed by atoms with Crippen molar-refractivity contribution in [3.8, 4) is 11.3 Å². The predicted octanol–water partition coefficient (Wildman–Crippen LogP) is 4.54. The second kappa shape index (κ2) is 5.33. The summed E-state index contributed by atoms with van der Waals surface area (Å²) in [6.07, 6.45) is 2.11. The summed E-state index contributed by atoms with van der Waals surface area (Å²) in [5.41, 5.74) is 7.05. The molecule has 2 aromatic heterocycles. The minimum absolute atomic E-state index is 0. The Kier molecular flexibility index (Phi) is 3.94. The maximum absolute atomic E-state index is 4.68. The van der Waals surface area contributed by atoms with Crippen LogP contribution in [0.4, 0.5) is 0 Å². The van der Waals surface area contributed by atoms with Crippen LogP contribution in [0.3, 0.4) is 0 Å². The van der Waals surface area contributed by atoms with E-state index in [0.29, 0.717) is 0 Å². The Labute approximate surface area is 130 Å². The molecule has 0 bridgehead atoms. The molecule has 3 aromatic rings. The Balaban J connectivity index is 0.00000133. The second-order valence-corrected chi connectivity index (χ2v) is 4.82. The minimum Gasteiger partial charge on any atom is -0.304 e. The Bertz CT molecular complexity index is 729. The number of aryl methyl sites for hydroxylation is 3. The lowest BCUT2D eigenvalue weighted by Crippen LogP contribution is -1.86. The van der Waals surface area contributed by atoms with Gasteiger partial charge < -0.3 is 4.40 Å². The maximum Gasteiger partial charge on any atom is 0.137 e. The Morgan fingerprint density at radius 3 is 2.42 bits per heavy atom. The van der Waals surface area contributed by atoms with Crippen LogP contribution in [-0.2, 0) is 0 Å². The zero-order valence-corrected chi connectivity index (χ0v) is 13.7. The van der Waals surface area contributed by atoms with E-state index in [0.717, 1.165) is 11.3 Å². The number of rotatable bonds is 1. The summed E-state index contributed by atoms with van der Waals surface area (Å²) >= 11 is 0. The third-order valence-corrected chi connectivity index (χ3v) is 3.50. The highest BCUT2D eigenvalue weighted by Gasteiger charge is 2.06. The molecule has 1 aromatic carbocycles. The number of halogens is 1. The number of fused-ring (bicyclic) bond motifs is 1. The van der Waals surface area contributed by atoms with Crippen molar-refractivity contribution in [2.24, 2.45) is 0 Å². The third kappa shape index (κ3) is 2.52. The van der Waals surface area contributed by atoms with Crippen LogP contribution in [-0.4, -0.2) is 9.38 Å². The van der Waals surface area contributed by atoms with E-state index in [1.165, 1.54) is 22.4 Å². The summed E-state index contributed by atoms with van der Waals surface area (Å²) in [5, 5.41) is 0. The number of hydrogen-bond donors (Lipinski definition) is 0. The average Bonchev–Trinajstić information content (AvgIpc) is 2.78. The number of aromatic nitrogens is 2. The molecule has 0 N–H and O–H groups in total. The molecule has 0 saturated carbocycles. The molecular weight excluding hydrogens is 347 g/mol. The molecule has 0 amide bonds. The highest BCUT2D eigenvalue weighted by Crippen LogP contribution is 2.22. The first-order chi connectivity index (χ1) is 8.65. The summed E-state index contributed by atoms with van der Waals surface area (Å²) in [5.74, 6) is 0. The lowest BCUT2D eigenvalue weighted by molar-refractivity contribution is 1.09. The molecule has 0 fully saturated rings. The molecule has 0 aliphatic heterocycles. The van der Waals surface area contributed by atoms with Gasteiger partial charge in [-0.1, -0.05) is 18.2 Å². The normalized spacial score (nSPS) is 10.5. The van der Waals surface area contributed by atoms with Gasteiger partial charge in [-0.25, -0.2) is 4.98 Å². The molecule has 0 radical (unpaired) electrons. The van der Waals surface area contributed by atoms with Crippen molar-refractivity contribution in [2.45, 2.75) is 20.8 Å². The van der Waals surface area contributed by atoms with E-state index in [4.69, 9.17) is 0 Å². The number of nitrogens with zero attached hydrogens (tertiary/aromatic N) is 2. The van der Waals surface area contributed by atoms with Crippen LogP contribution in [0.25, 0.3) is 16.9 Å². The van der Waals surface area contributed by atoms with Crippen LogP contribution in [0.1, 0.15) is 16.8 Å². The van der Waals surface area contributed by atoms with Crippen molar-refractivity contribution in [1.82, 2.24) is 9.38 Å². The van der Waals surface area contributed by atoms with E-state index < -0.39 is 0 Å². The predicted molar refractivity (Wildman–Crippen MR) is 90.3 cm³/mol. The van der Waals surface area contributed by atoms with Crippen LogP contribution in [0, 0.1) is 20.8 Å². The highest BCUT2D eigenvalue weighted by atomic mass is 127. The first-order valence-corrected chi connectivity index (χ1v) is 6.17. The van der Waals surface area contributed by atoms with E-state index in [2.05, 4.69) is 60.6 Å². The van der Waals surface area contributed by atoms with Crippen molar-refractivity contribution in [1.29, 1.82) is 0 Å². The van der Waals surface area contributed by atoms with Gasteiger partial charge in [0.25, 0.3) is 0 Å². The summed E-state index contributed by atoms with van der Waals surface area (Å²) in [6, 6.07) is 12.7. The number of imidazole rings is 1. The topological polar surface area (TPSA) is 17.3 Å². The highest BCUT2D eigenvalue weighted by molar-refractivity contribution is 14.0. The SMILES string of the molecule is Cc1ccc(-c2cn3c(C)cccc3n2)cc1C.I. The van der Waals surface area contributed by atoms with Gasteiger partial charge in [0.2, 0.25) is 0 Å². The van der Waals surface area contributed by atoms with Gasteiger partial charge >= 0.3 is 0 Å². The van der Waals surface area contributed by atoms with Gasteiger partial charge in [0.1, 0.15) is 5.65 Å². The molecule has 0 aliphatic rings. The standard InChI is InChI=1S/C16H16N2.HI/c1-11-7-8-14(9-12(11)2)15-10-18-13(3)5-4-6-16(18)17-15;/h4-10H,1-3H3;1H. The molecule has 0 aliphatic carbocycles. The van der Waals surface area contributed by atoms with Gasteiger partial charge in [-0.15, -0.1) is 24.0 Å². The van der Waals surface area contributed by atoms with Crippen LogP contribution >= 0.6 is 24.0 Å². The van der Waals surface area contributed by atoms with Gasteiger partial charge in [-0.2, -0.15) is 0 Å². The van der Waals surface area contributed by atoms with E-state index in [1.54, 1.807) is 0 Å².